The van der Waals surface area contributed by atoms with E-state index in [1.54, 1.807) is 24.3 Å². The van der Waals surface area contributed by atoms with Gasteiger partial charge >= 0.3 is 0 Å². The number of aliphatic hydroxyl groups excluding tert-OH is 1. The largest absolute Gasteiger partial charge is 0.507 e. The maximum Gasteiger partial charge on any atom is 0.296 e. The average molecular weight is 439 g/mol. The van der Waals surface area contributed by atoms with Crippen LogP contribution < -0.4 is 0 Å². The van der Waals surface area contributed by atoms with Crippen LogP contribution in [0.2, 0.25) is 5.02 Å². The maximum absolute atomic E-state index is 12.9. The third-order valence-electron chi connectivity index (χ3n) is 4.98. The number of nitro benzene ring substituents is 1. The summed E-state index contributed by atoms with van der Waals surface area (Å²) in [6, 6.07) is 14.0. The second kappa shape index (κ2) is 8.08. The molecule has 9 heteroatoms. The Bertz CT molecular complexity index is 1180. The van der Waals surface area contributed by atoms with Crippen molar-refractivity contribution in [2.75, 3.05) is 0 Å². The fourth-order valence-electron chi connectivity index (χ4n) is 3.50. The molecule has 0 radical (unpaired) electrons. The lowest BCUT2D eigenvalue weighted by atomic mass is 9.95. The molecule has 2 heterocycles. The van der Waals surface area contributed by atoms with E-state index in [-0.39, 0.29) is 23.6 Å². The van der Waals surface area contributed by atoms with Gasteiger partial charge < -0.3 is 14.4 Å². The average Bonchev–Trinajstić information content (AvgIpc) is 3.36. The quantitative estimate of drug-likeness (QED) is 0.207. The second-order valence-corrected chi connectivity index (χ2v) is 7.30. The zero-order valence-electron chi connectivity index (χ0n) is 15.9. The first-order valence-electron chi connectivity index (χ1n) is 9.18. The highest BCUT2D eigenvalue weighted by Gasteiger charge is 2.46. The molecule has 1 aliphatic rings. The molecule has 0 saturated carbocycles. The van der Waals surface area contributed by atoms with Crippen molar-refractivity contribution in [3.8, 4) is 0 Å². The minimum Gasteiger partial charge on any atom is -0.507 e. The van der Waals surface area contributed by atoms with Crippen molar-refractivity contribution >= 4 is 34.7 Å². The molecule has 4 rings (SSSR count). The highest BCUT2D eigenvalue weighted by molar-refractivity contribution is 6.46. The van der Waals surface area contributed by atoms with Gasteiger partial charge in [-0.3, -0.25) is 19.7 Å². The summed E-state index contributed by atoms with van der Waals surface area (Å²) in [5, 5.41) is 22.4. The van der Waals surface area contributed by atoms with Crippen LogP contribution in [0.25, 0.3) is 5.76 Å². The van der Waals surface area contributed by atoms with Crippen LogP contribution in [0.5, 0.6) is 0 Å². The number of rotatable bonds is 5. The number of carbonyl (C=O) groups is 2. The number of aliphatic hydroxyl groups is 1. The summed E-state index contributed by atoms with van der Waals surface area (Å²) in [5.74, 6) is -1.58. The Morgan fingerprint density at radius 3 is 2.35 bits per heavy atom. The minimum absolute atomic E-state index is 0.0172. The summed E-state index contributed by atoms with van der Waals surface area (Å²) >= 11 is 5.90. The Hall–Kier alpha value is -3.91. The Kier molecular flexibility index (Phi) is 5.31. The van der Waals surface area contributed by atoms with Crippen LogP contribution >= 0.6 is 11.6 Å². The topological polar surface area (TPSA) is 114 Å². The van der Waals surface area contributed by atoms with Gasteiger partial charge in [-0.2, -0.15) is 0 Å². The molecule has 1 aliphatic heterocycles. The Morgan fingerprint density at radius 2 is 1.77 bits per heavy atom. The molecule has 1 amide bonds. The summed E-state index contributed by atoms with van der Waals surface area (Å²) < 4.78 is 5.32. The lowest BCUT2D eigenvalue weighted by molar-refractivity contribution is -0.384. The van der Waals surface area contributed by atoms with Gasteiger partial charge in [-0.25, -0.2) is 0 Å². The lowest BCUT2D eigenvalue weighted by Crippen LogP contribution is -2.29. The molecule has 3 aromatic rings. The monoisotopic (exact) mass is 438 g/mol. The van der Waals surface area contributed by atoms with Crippen LogP contribution in [0, 0.1) is 10.1 Å². The van der Waals surface area contributed by atoms with E-state index in [1.807, 2.05) is 0 Å². The third-order valence-corrected chi connectivity index (χ3v) is 5.24. The Morgan fingerprint density at radius 1 is 1.10 bits per heavy atom. The molecule has 1 fully saturated rings. The van der Waals surface area contributed by atoms with E-state index in [0.29, 0.717) is 21.9 Å². The molecule has 0 spiro atoms. The van der Waals surface area contributed by atoms with E-state index in [0.717, 1.165) is 0 Å². The van der Waals surface area contributed by atoms with E-state index in [1.165, 1.54) is 47.6 Å². The smallest absolute Gasteiger partial charge is 0.296 e. The predicted octanol–water partition coefficient (Wildman–Crippen LogP) is 4.46. The predicted molar refractivity (Wildman–Crippen MR) is 111 cm³/mol. The van der Waals surface area contributed by atoms with Crippen molar-refractivity contribution < 1.29 is 24.0 Å². The van der Waals surface area contributed by atoms with Crippen molar-refractivity contribution in [2.45, 2.75) is 12.6 Å². The molecule has 31 heavy (non-hydrogen) atoms. The number of non-ortho nitro benzene ring substituents is 1. The molecular weight excluding hydrogens is 424 g/mol. The van der Waals surface area contributed by atoms with Crippen LogP contribution in [-0.4, -0.2) is 26.6 Å². The van der Waals surface area contributed by atoms with Gasteiger partial charge in [0.2, 0.25) is 0 Å². The van der Waals surface area contributed by atoms with Crippen LogP contribution in [0.3, 0.4) is 0 Å². The number of Topliss-reactive ketones (excluding diaryl/α,β-unsaturated/α-hetero) is 1. The molecule has 1 aromatic heterocycles. The van der Waals surface area contributed by atoms with Gasteiger partial charge in [0.15, 0.2) is 0 Å². The van der Waals surface area contributed by atoms with Crippen LogP contribution in [0.1, 0.15) is 22.9 Å². The van der Waals surface area contributed by atoms with Crippen molar-refractivity contribution in [1.29, 1.82) is 0 Å². The Balaban J connectivity index is 1.85. The van der Waals surface area contributed by atoms with Gasteiger partial charge in [-0.15, -0.1) is 0 Å². The number of hydrogen-bond donors (Lipinski definition) is 1. The molecule has 0 bridgehead atoms. The normalized spacial score (nSPS) is 17.8. The third kappa shape index (κ3) is 3.80. The fraction of sp³-hybridized carbons (Fsp3) is 0.0909. The van der Waals surface area contributed by atoms with Gasteiger partial charge in [-0.05, 0) is 54.1 Å². The molecule has 156 valence electrons. The van der Waals surface area contributed by atoms with Gasteiger partial charge in [0.25, 0.3) is 17.4 Å². The number of nitrogens with zero attached hydrogens (tertiary/aromatic N) is 2. The maximum atomic E-state index is 12.9. The lowest BCUT2D eigenvalue weighted by Gasteiger charge is -2.24. The summed E-state index contributed by atoms with van der Waals surface area (Å²) in [4.78, 5) is 37.5. The van der Waals surface area contributed by atoms with Gasteiger partial charge in [0, 0.05) is 22.7 Å². The molecule has 0 aliphatic carbocycles. The zero-order valence-corrected chi connectivity index (χ0v) is 16.7. The number of likely N-dealkylation sites (tertiary alicyclic amines) is 1. The molecular formula is C22H15ClN2O6. The second-order valence-electron chi connectivity index (χ2n) is 6.86. The molecule has 1 saturated heterocycles. The van der Waals surface area contributed by atoms with E-state index in [2.05, 4.69) is 0 Å². The first kappa shape index (κ1) is 20.4. The molecule has 0 unspecified atom stereocenters. The van der Waals surface area contributed by atoms with Crippen molar-refractivity contribution in [2.24, 2.45) is 0 Å². The highest BCUT2D eigenvalue weighted by Crippen LogP contribution is 2.40. The van der Waals surface area contributed by atoms with Gasteiger partial charge in [-0.1, -0.05) is 11.6 Å². The van der Waals surface area contributed by atoms with E-state index < -0.39 is 22.7 Å². The number of halogens is 1. The van der Waals surface area contributed by atoms with Crippen molar-refractivity contribution in [1.82, 2.24) is 4.90 Å². The minimum atomic E-state index is -0.957. The number of hydrogen-bond acceptors (Lipinski definition) is 6. The standard InChI is InChI=1S/C22H15ClN2O6/c23-15-7-3-14(4-8-15)20(26)18-19(13-5-9-16(10-6-13)25(29)30)24(22(28)21(18)27)12-17-2-1-11-31-17/h1-11,19,26H,12H2/t19-/m0/s1. The number of furan rings is 1. The Labute approximate surface area is 181 Å². The number of nitro groups is 1. The zero-order chi connectivity index (χ0) is 22.1. The number of amides is 1. The van der Waals surface area contributed by atoms with Crippen molar-refractivity contribution in [3.63, 3.8) is 0 Å². The van der Waals surface area contributed by atoms with Gasteiger partial charge in [0.1, 0.15) is 11.5 Å². The number of carbonyl (C=O) groups excluding carboxylic acids is 2. The summed E-state index contributed by atoms with van der Waals surface area (Å²) in [6.07, 6.45) is 1.44. The van der Waals surface area contributed by atoms with Crippen LogP contribution in [0.15, 0.2) is 76.9 Å². The number of benzene rings is 2. The van der Waals surface area contributed by atoms with E-state index in [9.17, 15) is 24.8 Å². The van der Waals surface area contributed by atoms with Crippen LogP contribution in [-0.2, 0) is 16.1 Å². The van der Waals surface area contributed by atoms with Crippen molar-refractivity contribution in [3.05, 3.63) is 105 Å². The SMILES string of the molecule is O=C1C(=O)N(Cc2ccco2)[C@@H](c2ccc([N+](=O)[O-])cc2)C1=C(O)c1ccc(Cl)cc1. The molecule has 2 aromatic carbocycles. The first-order chi connectivity index (χ1) is 14.9. The molecule has 8 nitrogen and oxygen atoms in total. The van der Waals surface area contributed by atoms with E-state index >= 15 is 0 Å². The first-order valence-corrected chi connectivity index (χ1v) is 9.55. The molecule has 1 N–H and O–H groups in total. The molecule has 1 atom stereocenters. The summed E-state index contributed by atoms with van der Waals surface area (Å²) in [7, 11) is 0. The number of ketones is 1. The fourth-order valence-corrected chi connectivity index (χ4v) is 3.63. The van der Waals surface area contributed by atoms with Gasteiger partial charge in [0.05, 0.1) is 29.3 Å². The summed E-state index contributed by atoms with van der Waals surface area (Å²) in [6.45, 7) is -0.0172. The highest BCUT2D eigenvalue weighted by atomic mass is 35.5. The summed E-state index contributed by atoms with van der Waals surface area (Å²) in [5.41, 5.74) is 0.497. The van der Waals surface area contributed by atoms with E-state index in [4.69, 9.17) is 16.0 Å². The van der Waals surface area contributed by atoms with Crippen LogP contribution in [0.4, 0.5) is 5.69 Å².